The minimum absolute atomic E-state index is 0.0224. The van der Waals surface area contributed by atoms with Crippen LogP contribution in [-0.2, 0) is 4.74 Å². The summed E-state index contributed by atoms with van der Waals surface area (Å²) < 4.78 is 10.4. The number of hydrogen-bond acceptors (Lipinski definition) is 6. The zero-order chi connectivity index (χ0) is 17.7. The second kappa shape index (κ2) is 7.33. The van der Waals surface area contributed by atoms with Crippen LogP contribution in [-0.4, -0.2) is 34.5 Å². The van der Waals surface area contributed by atoms with E-state index in [0.29, 0.717) is 12.4 Å². The van der Waals surface area contributed by atoms with Crippen LogP contribution in [0, 0.1) is 6.92 Å². The SMILES string of the molecule is Cc1ccc(-c2nnco2)cc1NC(C)CNC(=O)OC(C)(C)C. The first kappa shape index (κ1) is 17.8. The van der Waals surface area contributed by atoms with Crippen molar-refractivity contribution in [1.82, 2.24) is 15.5 Å². The summed E-state index contributed by atoms with van der Waals surface area (Å²) in [5.74, 6) is 0.470. The van der Waals surface area contributed by atoms with Gasteiger partial charge in [0.05, 0.1) is 0 Å². The van der Waals surface area contributed by atoms with Crippen LogP contribution >= 0.6 is 0 Å². The predicted octanol–water partition coefficient (Wildman–Crippen LogP) is 3.37. The topological polar surface area (TPSA) is 89.3 Å². The second-order valence-corrected chi connectivity index (χ2v) is 6.70. The van der Waals surface area contributed by atoms with Crippen molar-refractivity contribution in [3.63, 3.8) is 0 Å². The zero-order valence-corrected chi connectivity index (χ0v) is 14.7. The molecule has 7 heteroatoms. The van der Waals surface area contributed by atoms with Crippen LogP contribution in [0.2, 0.25) is 0 Å². The van der Waals surface area contributed by atoms with Gasteiger partial charge in [0.2, 0.25) is 12.3 Å². The van der Waals surface area contributed by atoms with Crippen molar-refractivity contribution in [2.45, 2.75) is 46.3 Å². The van der Waals surface area contributed by atoms with Gasteiger partial charge in [-0.2, -0.15) is 0 Å². The van der Waals surface area contributed by atoms with E-state index in [1.165, 1.54) is 6.39 Å². The summed E-state index contributed by atoms with van der Waals surface area (Å²) in [5.41, 5.74) is 2.37. The summed E-state index contributed by atoms with van der Waals surface area (Å²) >= 11 is 0. The molecule has 1 heterocycles. The molecule has 7 nitrogen and oxygen atoms in total. The van der Waals surface area contributed by atoms with Crippen molar-refractivity contribution in [2.24, 2.45) is 0 Å². The Balaban J connectivity index is 1.95. The molecule has 0 spiro atoms. The van der Waals surface area contributed by atoms with E-state index in [-0.39, 0.29) is 6.04 Å². The third kappa shape index (κ3) is 5.26. The molecule has 0 fully saturated rings. The fraction of sp³-hybridized carbons (Fsp3) is 0.471. The number of benzene rings is 1. The van der Waals surface area contributed by atoms with Crippen LogP contribution in [0.4, 0.5) is 10.5 Å². The maximum Gasteiger partial charge on any atom is 0.407 e. The highest BCUT2D eigenvalue weighted by Gasteiger charge is 2.16. The maximum absolute atomic E-state index is 11.7. The van der Waals surface area contributed by atoms with Crippen molar-refractivity contribution in [3.8, 4) is 11.5 Å². The molecule has 24 heavy (non-hydrogen) atoms. The van der Waals surface area contributed by atoms with E-state index in [1.807, 2.05) is 52.8 Å². The maximum atomic E-state index is 11.7. The highest BCUT2D eigenvalue weighted by atomic mass is 16.6. The molecule has 1 aromatic carbocycles. The van der Waals surface area contributed by atoms with E-state index in [1.54, 1.807) is 0 Å². The van der Waals surface area contributed by atoms with E-state index < -0.39 is 11.7 Å². The number of carbonyl (C=O) groups excluding carboxylic acids is 1. The molecule has 0 radical (unpaired) electrons. The highest BCUT2D eigenvalue weighted by Crippen LogP contribution is 2.24. The van der Waals surface area contributed by atoms with Gasteiger partial charge in [-0.15, -0.1) is 10.2 Å². The van der Waals surface area contributed by atoms with E-state index >= 15 is 0 Å². The molecule has 0 aliphatic carbocycles. The average molecular weight is 332 g/mol. The number of amides is 1. The molecule has 2 N–H and O–H groups in total. The lowest BCUT2D eigenvalue weighted by molar-refractivity contribution is 0.0526. The van der Waals surface area contributed by atoms with Gasteiger partial charge in [-0.25, -0.2) is 4.79 Å². The smallest absolute Gasteiger partial charge is 0.407 e. The zero-order valence-electron chi connectivity index (χ0n) is 14.7. The lowest BCUT2D eigenvalue weighted by atomic mass is 10.1. The van der Waals surface area contributed by atoms with Crippen LogP contribution < -0.4 is 10.6 Å². The van der Waals surface area contributed by atoms with Gasteiger partial charge < -0.3 is 19.8 Å². The van der Waals surface area contributed by atoms with Gasteiger partial charge in [0.25, 0.3) is 0 Å². The summed E-state index contributed by atoms with van der Waals surface area (Å²) in [6, 6.07) is 5.88. The molecule has 1 amide bonds. The number of aromatic nitrogens is 2. The Morgan fingerprint density at radius 2 is 2.12 bits per heavy atom. The lowest BCUT2D eigenvalue weighted by Gasteiger charge is -2.22. The van der Waals surface area contributed by atoms with Crippen LogP contribution in [0.25, 0.3) is 11.5 Å². The number of ether oxygens (including phenoxy) is 1. The first-order valence-corrected chi connectivity index (χ1v) is 7.85. The quantitative estimate of drug-likeness (QED) is 0.872. The molecule has 2 rings (SSSR count). The van der Waals surface area contributed by atoms with Gasteiger partial charge in [0.15, 0.2) is 0 Å². The molecule has 1 unspecified atom stereocenters. The lowest BCUT2D eigenvalue weighted by Crippen LogP contribution is -2.38. The summed E-state index contributed by atoms with van der Waals surface area (Å²) in [4.78, 5) is 11.7. The number of rotatable bonds is 5. The van der Waals surface area contributed by atoms with Gasteiger partial charge in [-0.1, -0.05) is 6.07 Å². The van der Waals surface area contributed by atoms with Crippen molar-refractivity contribution >= 4 is 11.8 Å². The largest absolute Gasteiger partial charge is 0.444 e. The molecular weight excluding hydrogens is 308 g/mol. The van der Waals surface area contributed by atoms with Crippen molar-refractivity contribution < 1.29 is 13.9 Å². The van der Waals surface area contributed by atoms with E-state index in [0.717, 1.165) is 16.8 Å². The molecule has 1 atom stereocenters. The molecule has 2 aromatic rings. The monoisotopic (exact) mass is 332 g/mol. The molecule has 0 aliphatic rings. The molecule has 1 aromatic heterocycles. The number of carbonyl (C=O) groups is 1. The predicted molar refractivity (Wildman–Crippen MR) is 91.8 cm³/mol. The third-order valence-corrected chi connectivity index (χ3v) is 3.20. The first-order chi connectivity index (χ1) is 11.2. The summed E-state index contributed by atoms with van der Waals surface area (Å²) in [5, 5.41) is 13.7. The normalized spacial score (nSPS) is 12.5. The van der Waals surface area contributed by atoms with E-state index in [9.17, 15) is 4.79 Å². The number of nitrogens with zero attached hydrogens (tertiary/aromatic N) is 2. The number of hydrogen-bond donors (Lipinski definition) is 2. The van der Waals surface area contributed by atoms with Crippen molar-refractivity contribution in [3.05, 3.63) is 30.2 Å². The van der Waals surface area contributed by atoms with Gasteiger partial charge >= 0.3 is 6.09 Å². The molecule has 0 bridgehead atoms. The number of alkyl carbamates (subject to hydrolysis) is 1. The fourth-order valence-corrected chi connectivity index (χ4v) is 2.08. The Morgan fingerprint density at radius 1 is 1.38 bits per heavy atom. The van der Waals surface area contributed by atoms with Crippen LogP contribution in [0.1, 0.15) is 33.3 Å². The third-order valence-electron chi connectivity index (χ3n) is 3.20. The minimum atomic E-state index is -0.504. The molecular formula is C17H24N4O3. The Morgan fingerprint density at radius 3 is 2.75 bits per heavy atom. The highest BCUT2D eigenvalue weighted by molar-refractivity contribution is 5.68. The van der Waals surface area contributed by atoms with E-state index in [4.69, 9.17) is 9.15 Å². The summed E-state index contributed by atoms with van der Waals surface area (Å²) in [6.45, 7) is 9.94. The number of anilines is 1. The standard InChI is InChI=1S/C17H24N4O3/c1-11-6-7-13(15-21-19-10-23-15)8-14(11)20-12(2)9-18-16(22)24-17(3,4)5/h6-8,10,12,20H,9H2,1-5H3,(H,18,22). The van der Waals surface area contributed by atoms with Gasteiger partial charge in [-0.05, 0) is 52.3 Å². The molecule has 130 valence electrons. The Labute approximate surface area is 141 Å². The first-order valence-electron chi connectivity index (χ1n) is 7.85. The van der Waals surface area contributed by atoms with Crippen molar-refractivity contribution in [1.29, 1.82) is 0 Å². The summed E-state index contributed by atoms with van der Waals surface area (Å²) in [6.07, 6.45) is 0.878. The van der Waals surface area contributed by atoms with Crippen LogP contribution in [0.15, 0.2) is 29.0 Å². The van der Waals surface area contributed by atoms with Gasteiger partial charge in [0, 0.05) is 23.8 Å². The summed E-state index contributed by atoms with van der Waals surface area (Å²) in [7, 11) is 0. The Kier molecular flexibility index (Phi) is 5.43. The Hall–Kier alpha value is -2.57. The number of nitrogens with one attached hydrogen (secondary N) is 2. The Bertz CT molecular complexity index is 678. The van der Waals surface area contributed by atoms with Gasteiger partial charge in [0.1, 0.15) is 5.60 Å². The van der Waals surface area contributed by atoms with Gasteiger partial charge in [-0.3, -0.25) is 0 Å². The molecule has 0 saturated heterocycles. The van der Waals surface area contributed by atoms with Crippen LogP contribution in [0.5, 0.6) is 0 Å². The second-order valence-electron chi connectivity index (χ2n) is 6.70. The minimum Gasteiger partial charge on any atom is -0.444 e. The fourth-order valence-electron chi connectivity index (χ4n) is 2.08. The number of aryl methyl sites for hydroxylation is 1. The van der Waals surface area contributed by atoms with Crippen LogP contribution in [0.3, 0.4) is 0 Å². The van der Waals surface area contributed by atoms with E-state index in [2.05, 4.69) is 20.8 Å². The van der Waals surface area contributed by atoms with Crippen molar-refractivity contribution in [2.75, 3.05) is 11.9 Å². The molecule has 0 aliphatic heterocycles. The molecule has 0 saturated carbocycles. The average Bonchev–Trinajstić information content (AvgIpc) is 3.00.